The monoisotopic (exact) mass is 274 g/mol. The third-order valence-corrected chi connectivity index (χ3v) is 3.05. The second kappa shape index (κ2) is 6.25. The van der Waals surface area contributed by atoms with Crippen LogP contribution in [0.1, 0.15) is 13.3 Å². The van der Waals surface area contributed by atoms with Crippen LogP contribution in [0.25, 0.3) is 0 Å². The predicted molar refractivity (Wildman–Crippen MR) is 66.6 cm³/mol. The van der Waals surface area contributed by atoms with Crippen molar-refractivity contribution in [3.63, 3.8) is 0 Å². The van der Waals surface area contributed by atoms with E-state index in [1.807, 2.05) is 6.92 Å². The number of hydrogen-bond donors (Lipinski definition) is 2. The molecule has 0 aliphatic carbocycles. The Kier molecular flexibility index (Phi) is 4.66. The van der Waals surface area contributed by atoms with Gasteiger partial charge in [0.25, 0.3) is 0 Å². The van der Waals surface area contributed by atoms with E-state index in [0.717, 1.165) is 12.6 Å². The topological polar surface area (TPSA) is 33.3 Å². The summed E-state index contributed by atoms with van der Waals surface area (Å²) in [5.74, 6) is -3.04. The fourth-order valence-electron chi connectivity index (χ4n) is 2.16. The summed E-state index contributed by atoms with van der Waals surface area (Å²) in [6.07, 6.45) is 0.707. The molecule has 2 rings (SSSR count). The first-order valence-corrected chi connectivity index (χ1v) is 6.28. The van der Waals surface area contributed by atoms with Gasteiger partial charge in [0.2, 0.25) is 0 Å². The van der Waals surface area contributed by atoms with Gasteiger partial charge in [-0.05, 0) is 13.3 Å². The molecule has 0 aromatic heterocycles. The molecule has 6 heteroatoms. The highest BCUT2D eigenvalue weighted by atomic mass is 19.2. The molecule has 0 amide bonds. The maximum atomic E-state index is 13.5. The highest BCUT2D eigenvalue weighted by Gasteiger charge is 2.17. The van der Waals surface area contributed by atoms with Crippen molar-refractivity contribution in [3.8, 4) is 0 Å². The van der Waals surface area contributed by atoms with Crippen LogP contribution in [0.2, 0.25) is 0 Å². The molecule has 1 fully saturated rings. The minimum Gasteiger partial charge on any atom is -0.380 e. The lowest BCUT2D eigenvalue weighted by Crippen LogP contribution is -2.43. The third kappa shape index (κ3) is 3.84. The van der Waals surface area contributed by atoms with E-state index in [-0.39, 0.29) is 17.8 Å². The van der Waals surface area contributed by atoms with Gasteiger partial charge in [-0.25, -0.2) is 13.2 Å². The first-order valence-electron chi connectivity index (χ1n) is 6.28. The van der Waals surface area contributed by atoms with Gasteiger partial charge in [-0.3, -0.25) is 0 Å². The maximum Gasteiger partial charge on any atom is 0.161 e. The van der Waals surface area contributed by atoms with Crippen molar-refractivity contribution in [2.45, 2.75) is 25.4 Å². The Balaban J connectivity index is 1.94. The molecule has 2 unspecified atom stereocenters. The molecular formula is C13H17F3N2O. The summed E-state index contributed by atoms with van der Waals surface area (Å²) in [6, 6.07) is 1.49. The van der Waals surface area contributed by atoms with E-state index in [2.05, 4.69) is 10.6 Å². The zero-order valence-corrected chi connectivity index (χ0v) is 10.7. The number of nitrogens with one attached hydrogen (secondary N) is 2. The smallest absolute Gasteiger partial charge is 0.161 e. The molecule has 1 aliphatic rings. The Morgan fingerprint density at radius 2 is 2.05 bits per heavy atom. The summed E-state index contributed by atoms with van der Waals surface area (Å²) in [4.78, 5) is 0. The second-order valence-corrected chi connectivity index (χ2v) is 4.75. The van der Waals surface area contributed by atoms with E-state index < -0.39 is 17.5 Å². The molecule has 1 aromatic rings. The molecule has 0 radical (unpaired) electrons. The lowest BCUT2D eigenvalue weighted by molar-refractivity contribution is 0.0731. The summed E-state index contributed by atoms with van der Waals surface area (Å²) in [5.41, 5.74) is -0.0249. The zero-order valence-electron chi connectivity index (χ0n) is 10.7. The molecule has 0 spiro atoms. The van der Waals surface area contributed by atoms with E-state index >= 15 is 0 Å². The van der Waals surface area contributed by atoms with Crippen molar-refractivity contribution < 1.29 is 17.9 Å². The number of ether oxygens (including phenoxy) is 1. The first-order chi connectivity index (χ1) is 9.06. The highest BCUT2D eigenvalue weighted by molar-refractivity contribution is 5.46. The average Bonchev–Trinajstić information content (AvgIpc) is 2.37. The number of hydrogen-bond acceptors (Lipinski definition) is 3. The molecule has 3 nitrogen and oxygen atoms in total. The molecule has 0 bridgehead atoms. The fraction of sp³-hybridized carbons (Fsp3) is 0.538. The zero-order chi connectivity index (χ0) is 13.8. The van der Waals surface area contributed by atoms with Crippen molar-refractivity contribution in [3.05, 3.63) is 29.6 Å². The minimum atomic E-state index is -1.18. The van der Waals surface area contributed by atoms with E-state index in [0.29, 0.717) is 25.7 Å². The molecule has 1 aliphatic heterocycles. The Bertz CT molecular complexity index is 436. The van der Waals surface area contributed by atoms with Crippen molar-refractivity contribution in [1.82, 2.24) is 5.32 Å². The van der Waals surface area contributed by atoms with Crippen LogP contribution in [0.4, 0.5) is 18.9 Å². The molecule has 2 atom stereocenters. The van der Waals surface area contributed by atoms with Gasteiger partial charge in [0.05, 0.1) is 18.9 Å². The van der Waals surface area contributed by atoms with Gasteiger partial charge in [-0.1, -0.05) is 0 Å². The highest BCUT2D eigenvalue weighted by Crippen LogP contribution is 2.20. The Labute approximate surface area is 110 Å². The van der Waals surface area contributed by atoms with Crippen LogP contribution in [-0.2, 0) is 4.74 Å². The number of rotatable bonds is 4. The van der Waals surface area contributed by atoms with Crippen LogP contribution < -0.4 is 10.6 Å². The SMILES string of the molecule is CC(CC1COCCN1)Nc1cc(F)c(F)cc1F. The molecule has 19 heavy (non-hydrogen) atoms. The van der Waals surface area contributed by atoms with Crippen molar-refractivity contribution in [2.24, 2.45) is 0 Å². The lowest BCUT2D eigenvalue weighted by Gasteiger charge is -2.27. The van der Waals surface area contributed by atoms with E-state index in [1.165, 1.54) is 0 Å². The summed E-state index contributed by atoms with van der Waals surface area (Å²) in [7, 11) is 0. The molecule has 106 valence electrons. The molecule has 0 saturated carbocycles. The first kappa shape index (κ1) is 14.1. The summed E-state index contributed by atoms with van der Waals surface area (Å²) in [5, 5.41) is 6.13. The summed E-state index contributed by atoms with van der Waals surface area (Å²) < 4.78 is 44.6. The Hall–Kier alpha value is -1.27. The van der Waals surface area contributed by atoms with Gasteiger partial charge < -0.3 is 15.4 Å². The van der Waals surface area contributed by atoms with E-state index in [9.17, 15) is 13.2 Å². The standard InChI is InChI=1S/C13H17F3N2O/c1-8(4-9-7-19-3-2-17-9)18-13-6-11(15)10(14)5-12(13)16/h5-6,8-9,17-18H,2-4,7H2,1H3. The van der Waals surface area contributed by atoms with Crippen LogP contribution in [0.3, 0.4) is 0 Å². The molecule has 1 aromatic carbocycles. The quantitative estimate of drug-likeness (QED) is 0.826. The van der Waals surface area contributed by atoms with Crippen LogP contribution in [0.15, 0.2) is 12.1 Å². The number of anilines is 1. The Morgan fingerprint density at radius 1 is 1.32 bits per heavy atom. The molecule has 1 heterocycles. The van der Waals surface area contributed by atoms with Gasteiger partial charge in [0.1, 0.15) is 5.82 Å². The summed E-state index contributed by atoms with van der Waals surface area (Å²) in [6.45, 7) is 3.94. The van der Waals surface area contributed by atoms with Crippen LogP contribution >= 0.6 is 0 Å². The summed E-state index contributed by atoms with van der Waals surface area (Å²) >= 11 is 0. The third-order valence-electron chi connectivity index (χ3n) is 3.05. The van der Waals surface area contributed by atoms with Crippen LogP contribution in [0.5, 0.6) is 0 Å². The number of morpholine rings is 1. The Morgan fingerprint density at radius 3 is 2.74 bits per heavy atom. The van der Waals surface area contributed by atoms with Gasteiger partial charge >= 0.3 is 0 Å². The minimum absolute atomic E-state index is 0.0249. The van der Waals surface area contributed by atoms with Crippen molar-refractivity contribution in [1.29, 1.82) is 0 Å². The number of benzene rings is 1. The lowest BCUT2D eigenvalue weighted by atomic mass is 10.1. The normalized spacial score (nSPS) is 21.2. The molecular weight excluding hydrogens is 257 g/mol. The van der Waals surface area contributed by atoms with Gasteiger partial charge in [-0.2, -0.15) is 0 Å². The van der Waals surface area contributed by atoms with E-state index in [4.69, 9.17) is 4.74 Å². The largest absolute Gasteiger partial charge is 0.380 e. The van der Waals surface area contributed by atoms with Gasteiger partial charge in [0.15, 0.2) is 11.6 Å². The second-order valence-electron chi connectivity index (χ2n) is 4.75. The fourth-order valence-corrected chi connectivity index (χ4v) is 2.16. The van der Waals surface area contributed by atoms with Crippen molar-refractivity contribution in [2.75, 3.05) is 25.1 Å². The molecule has 2 N–H and O–H groups in total. The van der Waals surface area contributed by atoms with Gasteiger partial charge in [0, 0.05) is 30.8 Å². The van der Waals surface area contributed by atoms with Gasteiger partial charge in [-0.15, -0.1) is 0 Å². The maximum absolute atomic E-state index is 13.5. The van der Waals surface area contributed by atoms with E-state index in [1.54, 1.807) is 0 Å². The van der Waals surface area contributed by atoms with Crippen molar-refractivity contribution >= 4 is 5.69 Å². The molecule has 1 saturated heterocycles. The van der Waals surface area contributed by atoms with Crippen LogP contribution in [-0.4, -0.2) is 31.8 Å². The number of halogens is 3. The predicted octanol–water partition coefficient (Wildman–Crippen LogP) is 2.28. The van der Waals surface area contributed by atoms with Crippen LogP contribution in [0, 0.1) is 17.5 Å². The average molecular weight is 274 g/mol.